The maximum atomic E-state index is 12.7. The Morgan fingerprint density at radius 1 is 0.857 bits per heavy atom. The molecule has 1 amide bonds. The fourth-order valence-corrected chi connectivity index (χ4v) is 3.42. The Morgan fingerprint density at radius 3 is 2.54 bits per heavy atom. The molecule has 1 aliphatic carbocycles. The molecule has 4 heteroatoms. The van der Waals surface area contributed by atoms with Gasteiger partial charge in [-0.1, -0.05) is 24.5 Å². The summed E-state index contributed by atoms with van der Waals surface area (Å²) in [6, 6.07) is 15.3. The van der Waals surface area contributed by atoms with Crippen LogP contribution in [0.5, 0.6) is 0 Å². The van der Waals surface area contributed by atoms with E-state index in [1.807, 2.05) is 18.2 Å². The molecule has 4 nitrogen and oxygen atoms in total. The van der Waals surface area contributed by atoms with Crippen molar-refractivity contribution in [3.63, 3.8) is 0 Å². The molecule has 0 spiro atoms. The highest BCUT2D eigenvalue weighted by Gasteiger charge is 2.11. The SMILES string of the molecule is O=C(Nc1ccc2c(c1)CCCCC2)c1cccc(C#Cc2ncccn2)c1. The van der Waals surface area contributed by atoms with Crippen LogP contribution in [0.4, 0.5) is 5.69 Å². The highest BCUT2D eigenvalue weighted by atomic mass is 16.1. The number of hydrogen-bond donors (Lipinski definition) is 1. The first-order chi connectivity index (χ1) is 13.8. The van der Waals surface area contributed by atoms with Crippen LogP contribution in [0.2, 0.25) is 0 Å². The quantitative estimate of drug-likeness (QED) is 0.540. The van der Waals surface area contributed by atoms with E-state index >= 15 is 0 Å². The van der Waals surface area contributed by atoms with Gasteiger partial charge in [0.05, 0.1) is 0 Å². The molecular formula is C24H21N3O. The fraction of sp³-hybridized carbons (Fsp3) is 0.208. The summed E-state index contributed by atoms with van der Waals surface area (Å²) in [5.74, 6) is 6.26. The van der Waals surface area contributed by atoms with Crippen molar-refractivity contribution in [1.29, 1.82) is 0 Å². The molecule has 0 radical (unpaired) electrons. The lowest BCUT2D eigenvalue weighted by Gasteiger charge is -2.10. The standard InChI is InChI=1S/C24H21N3O/c28-24(27-22-12-11-19-7-2-1-3-8-20(19)17-22)21-9-4-6-18(16-21)10-13-23-25-14-5-15-26-23/h4-6,9,11-12,14-17H,1-3,7-8H2,(H,27,28). The average molecular weight is 367 g/mol. The summed E-state index contributed by atoms with van der Waals surface area (Å²) < 4.78 is 0. The molecule has 0 saturated carbocycles. The summed E-state index contributed by atoms with van der Waals surface area (Å²) in [5.41, 5.74) is 4.95. The summed E-state index contributed by atoms with van der Waals surface area (Å²) in [5, 5.41) is 3.02. The zero-order valence-electron chi connectivity index (χ0n) is 15.6. The molecule has 0 fully saturated rings. The van der Waals surface area contributed by atoms with Crippen molar-refractivity contribution in [3.05, 3.63) is 89.0 Å². The van der Waals surface area contributed by atoms with Crippen LogP contribution in [0.1, 0.15) is 52.1 Å². The Balaban J connectivity index is 1.50. The van der Waals surface area contributed by atoms with E-state index in [2.05, 4.69) is 39.3 Å². The van der Waals surface area contributed by atoms with Gasteiger partial charge in [0.25, 0.3) is 5.91 Å². The Hall–Kier alpha value is -3.45. The van der Waals surface area contributed by atoms with Crippen LogP contribution in [0, 0.1) is 11.8 Å². The fourth-order valence-electron chi connectivity index (χ4n) is 3.42. The predicted molar refractivity (Wildman–Crippen MR) is 110 cm³/mol. The van der Waals surface area contributed by atoms with Crippen LogP contribution in [-0.4, -0.2) is 15.9 Å². The number of carbonyl (C=O) groups is 1. The van der Waals surface area contributed by atoms with Gasteiger partial charge in [-0.15, -0.1) is 0 Å². The largest absolute Gasteiger partial charge is 0.322 e. The average Bonchev–Trinajstić information content (AvgIpc) is 2.98. The minimum atomic E-state index is -0.131. The predicted octanol–water partition coefficient (Wildman–Crippen LogP) is 4.40. The van der Waals surface area contributed by atoms with E-state index in [9.17, 15) is 4.79 Å². The first-order valence-electron chi connectivity index (χ1n) is 9.60. The van der Waals surface area contributed by atoms with Crippen LogP contribution < -0.4 is 5.32 Å². The third-order valence-electron chi connectivity index (χ3n) is 4.87. The lowest BCUT2D eigenvalue weighted by Crippen LogP contribution is -2.12. The molecule has 0 aliphatic heterocycles. The molecule has 0 bridgehead atoms. The van der Waals surface area contributed by atoms with Crippen LogP contribution >= 0.6 is 0 Å². The third kappa shape index (κ3) is 4.44. The van der Waals surface area contributed by atoms with Crippen molar-refractivity contribution in [2.75, 3.05) is 5.32 Å². The number of aromatic nitrogens is 2. The van der Waals surface area contributed by atoms with Gasteiger partial charge in [0, 0.05) is 29.2 Å². The van der Waals surface area contributed by atoms with Gasteiger partial charge in [0.15, 0.2) is 0 Å². The number of nitrogens with one attached hydrogen (secondary N) is 1. The van der Waals surface area contributed by atoms with Crippen molar-refractivity contribution in [2.45, 2.75) is 32.1 Å². The van der Waals surface area contributed by atoms with Crippen LogP contribution in [0.15, 0.2) is 60.9 Å². The molecule has 4 rings (SSSR count). The number of hydrogen-bond acceptors (Lipinski definition) is 3. The molecule has 1 heterocycles. The number of aryl methyl sites for hydroxylation is 2. The maximum absolute atomic E-state index is 12.7. The first-order valence-corrected chi connectivity index (χ1v) is 9.60. The van der Waals surface area contributed by atoms with Gasteiger partial charge >= 0.3 is 0 Å². The third-order valence-corrected chi connectivity index (χ3v) is 4.87. The summed E-state index contributed by atoms with van der Waals surface area (Å²) in [6.45, 7) is 0. The second-order valence-electron chi connectivity index (χ2n) is 6.90. The molecular weight excluding hydrogens is 346 g/mol. The van der Waals surface area contributed by atoms with E-state index in [-0.39, 0.29) is 5.91 Å². The lowest BCUT2D eigenvalue weighted by molar-refractivity contribution is 0.102. The van der Waals surface area contributed by atoms with E-state index < -0.39 is 0 Å². The van der Waals surface area contributed by atoms with Crippen molar-refractivity contribution in [3.8, 4) is 11.8 Å². The Kier molecular flexibility index (Phi) is 5.44. The van der Waals surface area contributed by atoms with Gasteiger partial charge < -0.3 is 5.32 Å². The molecule has 0 saturated heterocycles. The molecule has 0 unspecified atom stereocenters. The Bertz CT molecular complexity index is 1050. The van der Waals surface area contributed by atoms with Crippen molar-refractivity contribution >= 4 is 11.6 Å². The van der Waals surface area contributed by atoms with Crippen molar-refractivity contribution < 1.29 is 4.79 Å². The molecule has 1 N–H and O–H groups in total. The lowest BCUT2D eigenvalue weighted by atomic mass is 10.0. The smallest absolute Gasteiger partial charge is 0.255 e. The van der Waals surface area contributed by atoms with Crippen molar-refractivity contribution in [2.24, 2.45) is 0 Å². The topological polar surface area (TPSA) is 54.9 Å². The van der Waals surface area contributed by atoms with E-state index in [0.717, 1.165) is 24.1 Å². The van der Waals surface area contributed by atoms with E-state index in [1.54, 1.807) is 30.6 Å². The first kappa shape index (κ1) is 17.9. The summed E-state index contributed by atoms with van der Waals surface area (Å²) in [7, 11) is 0. The number of carbonyl (C=O) groups excluding carboxylic acids is 1. The van der Waals surface area contributed by atoms with Gasteiger partial charge in [-0.3, -0.25) is 4.79 Å². The minimum Gasteiger partial charge on any atom is -0.322 e. The normalized spacial score (nSPS) is 12.9. The number of anilines is 1. The van der Waals surface area contributed by atoms with Crippen molar-refractivity contribution in [1.82, 2.24) is 9.97 Å². The number of benzene rings is 2. The number of fused-ring (bicyclic) bond motifs is 1. The van der Waals surface area contributed by atoms with Crippen LogP contribution in [-0.2, 0) is 12.8 Å². The van der Waals surface area contributed by atoms with Gasteiger partial charge in [0.2, 0.25) is 5.82 Å². The second kappa shape index (κ2) is 8.49. The molecule has 1 aromatic heterocycles. The van der Waals surface area contributed by atoms with E-state index in [0.29, 0.717) is 11.4 Å². The van der Waals surface area contributed by atoms with Gasteiger partial charge in [0.1, 0.15) is 0 Å². The zero-order chi connectivity index (χ0) is 19.2. The Labute approximate surface area is 165 Å². The number of nitrogens with zero attached hydrogens (tertiary/aromatic N) is 2. The minimum absolute atomic E-state index is 0.131. The van der Waals surface area contributed by atoms with E-state index in [4.69, 9.17) is 0 Å². The molecule has 2 aromatic carbocycles. The highest BCUT2D eigenvalue weighted by molar-refractivity contribution is 6.04. The number of rotatable bonds is 2. The van der Waals surface area contributed by atoms with Gasteiger partial charge in [-0.05, 0) is 79.1 Å². The molecule has 3 aromatic rings. The summed E-state index contributed by atoms with van der Waals surface area (Å²) in [4.78, 5) is 20.9. The summed E-state index contributed by atoms with van der Waals surface area (Å²) >= 11 is 0. The number of amides is 1. The maximum Gasteiger partial charge on any atom is 0.255 e. The van der Waals surface area contributed by atoms with Crippen LogP contribution in [0.3, 0.4) is 0 Å². The van der Waals surface area contributed by atoms with Crippen LogP contribution in [0.25, 0.3) is 0 Å². The molecule has 28 heavy (non-hydrogen) atoms. The second-order valence-corrected chi connectivity index (χ2v) is 6.90. The van der Waals surface area contributed by atoms with Gasteiger partial charge in [-0.2, -0.15) is 0 Å². The molecule has 0 atom stereocenters. The highest BCUT2D eigenvalue weighted by Crippen LogP contribution is 2.24. The Morgan fingerprint density at radius 2 is 1.68 bits per heavy atom. The van der Waals surface area contributed by atoms with Gasteiger partial charge in [-0.25, -0.2) is 9.97 Å². The van der Waals surface area contributed by atoms with E-state index in [1.165, 1.54) is 30.4 Å². The zero-order valence-corrected chi connectivity index (χ0v) is 15.6. The summed E-state index contributed by atoms with van der Waals surface area (Å²) in [6.07, 6.45) is 9.28. The molecule has 138 valence electrons. The monoisotopic (exact) mass is 367 g/mol. The molecule has 1 aliphatic rings.